The van der Waals surface area contributed by atoms with Crippen molar-refractivity contribution < 1.29 is 4.55 Å². The number of benzene rings is 1. The van der Waals surface area contributed by atoms with Crippen molar-refractivity contribution in [1.82, 2.24) is 0 Å². The normalized spacial score (nSPS) is 14.5. The van der Waals surface area contributed by atoms with E-state index in [4.69, 9.17) is 5.14 Å². The van der Waals surface area contributed by atoms with Crippen LogP contribution >= 0.6 is 0 Å². The van der Waals surface area contributed by atoms with E-state index in [-0.39, 0.29) is 0 Å². The van der Waals surface area contributed by atoms with Gasteiger partial charge in [-0.25, -0.2) is 0 Å². The number of hydrogen-bond donors (Lipinski definition) is 1. The first-order valence-electron chi connectivity index (χ1n) is 5.78. The highest BCUT2D eigenvalue weighted by atomic mass is 32.2. The van der Waals surface area contributed by atoms with Crippen LogP contribution in [-0.4, -0.2) is 9.30 Å². The molecule has 0 bridgehead atoms. The molecule has 0 fully saturated rings. The van der Waals surface area contributed by atoms with E-state index in [1.54, 1.807) is 0 Å². The molecule has 0 spiro atoms. The van der Waals surface area contributed by atoms with Crippen molar-refractivity contribution in [3.8, 4) is 0 Å². The maximum Gasteiger partial charge on any atom is 0.157 e. The lowest BCUT2D eigenvalue weighted by Gasteiger charge is -2.20. The van der Waals surface area contributed by atoms with Crippen molar-refractivity contribution >= 4 is 17.4 Å². The van der Waals surface area contributed by atoms with Gasteiger partial charge in [0, 0.05) is 11.4 Å². The van der Waals surface area contributed by atoms with Crippen molar-refractivity contribution in [2.24, 2.45) is 5.14 Å². The minimum atomic E-state index is -1.35. The van der Waals surface area contributed by atoms with Gasteiger partial charge in [0.1, 0.15) is 0 Å². The number of nitrogens with two attached hydrogens (primary N) is 1. The minimum absolute atomic E-state index is 0.489. The predicted molar refractivity (Wildman–Crippen MR) is 76.0 cm³/mol. The maximum absolute atomic E-state index is 11.3. The molecular weight excluding hydrogens is 230 g/mol. The standard InChI is InChI=1S/C14H21NOS/c1-11(2)13-7-5-12(6-8-13)9-10-14(3,4)17(15)16/h5-11H,15H2,1-4H3. The largest absolute Gasteiger partial charge is 0.598 e. The SMILES string of the molecule is CC(C)c1ccc(C=CC(C)(C)[S+](N)[O-])cc1. The molecule has 0 saturated carbocycles. The molecule has 3 heteroatoms. The minimum Gasteiger partial charge on any atom is -0.598 e. The molecule has 0 amide bonds. The van der Waals surface area contributed by atoms with Crippen LogP contribution in [0.25, 0.3) is 6.08 Å². The zero-order chi connectivity index (χ0) is 13.1. The van der Waals surface area contributed by atoms with E-state index in [1.807, 2.05) is 26.0 Å². The van der Waals surface area contributed by atoms with Crippen LogP contribution < -0.4 is 5.14 Å². The lowest BCUT2D eigenvalue weighted by molar-refractivity contribution is 0.573. The zero-order valence-corrected chi connectivity index (χ0v) is 11.8. The Kier molecular flexibility index (Phi) is 4.80. The van der Waals surface area contributed by atoms with E-state index in [9.17, 15) is 4.55 Å². The fourth-order valence-electron chi connectivity index (χ4n) is 1.36. The summed E-state index contributed by atoms with van der Waals surface area (Å²) in [5, 5.41) is 5.42. The average molecular weight is 251 g/mol. The molecule has 0 saturated heterocycles. The molecular formula is C14H21NOS. The molecule has 1 unspecified atom stereocenters. The Morgan fingerprint density at radius 3 is 2.18 bits per heavy atom. The van der Waals surface area contributed by atoms with Crippen LogP contribution in [0.1, 0.15) is 44.7 Å². The van der Waals surface area contributed by atoms with Crippen LogP contribution in [0.15, 0.2) is 30.3 Å². The van der Waals surface area contributed by atoms with Crippen LogP contribution in [-0.2, 0) is 11.4 Å². The highest BCUT2D eigenvalue weighted by Crippen LogP contribution is 2.19. The van der Waals surface area contributed by atoms with Crippen molar-refractivity contribution in [2.75, 3.05) is 0 Å². The summed E-state index contributed by atoms with van der Waals surface area (Å²) in [5.74, 6) is 0.543. The molecule has 1 aromatic carbocycles. The molecule has 0 radical (unpaired) electrons. The number of rotatable bonds is 4. The van der Waals surface area contributed by atoms with E-state index in [0.717, 1.165) is 5.56 Å². The monoisotopic (exact) mass is 251 g/mol. The predicted octanol–water partition coefficient (Wildman–Crippen LogP) is 3.22. The second-order valence-corrected chi connectivity index (χ2v) is 6.70. The fourth-order valence-corrected chi connectivity index (χ4v) is 1.56. The van der Waals surface area contributed by atoms with Crippen LogP contribution in [0.5, 0.6) is 0 Å². The molecule has 1 aromatic rings. The summed E-state index contributed by atoms with van der Waals surface area (Å²) in [6.07, 6.45) is 3.86. The third-order valence-corrected chi connectivity index (χ3v) is 3.97. The quantitative estimate of drug-likeness (QED) is 0.835. The van der Waals surface area contributed by atoms with Gasteiger partial charge in [-0.2, -0.15) is 5.14 Å². The van der Waals surface area contributed by atoms with Crippen LogP contribution in [0.3, 0.4) is 0 Å². The molecule has 17 heavy (non-hydrogen) atoms. The highest BCUT2D eigenvalue weighted by Gasteiger charge is 2.25. The van der Waals surface area contributed by atoms with E-state index in [1.165, 1.54) is 5.56 Å². The van der Waals surface area contributed by atoms with Crippen molar-refractivity contribution in [3.63, 3.8) is 0 Å². The van der Waals surface area contributed by atoms with Gasteiger partial charge < -0.3 is 4.55 Å². The fraction of sp³-hybridized carbons (Fsp3) is 0.429. The smallest absolute Gasteiger partial charge is 0.157 e. The Labute approximate surface area is 107 Å². The third-order valence-electron chi connectivity index (χ3n) is 2.80. The molecule has 0 aliphatic carbocycles. The van der Waals surface area contributed by atoms with Crippen LogP contribution in [0.2, 0.25) is 0 Å². The third kappa shape index (κ3) is 4.19. The lowest BCUT2D eigenvalue weighted by Crippen LogP contribution is -2.35. The lowest BCUT2D eigenvalue weighted by atomic mass is 10.0. The first-order valence-corrected chi connectivity index (χ1v) is 6.99. The first-order chi connectivity index (χ1) is 7.83. The summed E-state index contributed by atoms with van der Waals surface area (Å²) in [6, 6.07) is 8.39. The van der Waals surface area contributed by atoms with Gasteiger partial charge in [-0.15, -0.1) is 0 Å². The molecule has 2 N–H and O–H groups in total. The van der Waals surface area contributed by atoms with E-state index in [2.05, 4.69) is 38.1 Å². The topological polar surface area (TPSA) is 49.1 Å². The van der Waals surface area contributed by atoms with E-state index in [0.29, 0.717) is 5.92 Å². The maximum atomic E-state index is 11.3. The van der Waals surface area contributed by atoms with Gasteiger partial charge >= 0.3 is 0 Å². The van der Waals surface area contributed by atoms with Crippen molar-refractivity contribution in [2.45, 2.75) is 38.4 Å². The van der Waals surface area contributed by atoms with E-state index >= 15 is 0 Å². The van der Waals surface area contributed by atoms with Gasteiger partial charge in [0.25, 0.3) is 0 Å². The molecule has 0 aliphatic heterocycles. The Morgan fingerprint density at radius 1 is 1.24 bits per heavy atom. The summed E-state index contributed by atoms with van der Waals surface area (Å²) >= 11 is -1.35. The molecule has 1 rings (SSSR count). The summed E-state index contributed by atoms with van der Waals surface area (Å²) in [6.45, 7) is 8.07. The Balaban J connectivity index is 2.79. The number of hydrogen-bond acceptors (Lipinski definition) is 2. The molecule has 94 valence electrons. The Bertz CT molecular complexity index is 380. The summed E-state index contributed by atoms with van der Waals surface area (Å²) in [4.78, 5) is 0. The van der Waals surface area contributed by atoms with Gasteiger partial charge in [0.05, 0.1) is 0 Å². The van der Waals surface area contributed by atoms with Crippen molar-refractivity contribution in [1.29, 1.82) is 0 Å². The Hall–Kier alpha value is -0.770. The van der Waals surface area contributed by atoms with Gasteiger partial charge in [-0.05, 0) is 37.0 Å². The zero-order valence-electron chi connectivity index (χ0n) is 10.9. The van der Waals surface area contributed by atoms with Gasteiger partial charge in [-0.3, -0.25) is 0 Å². The van der Waals surface area contributed by atoms with Gasteiger partial charge in [0.15, 0.2) is 4.75 Å². The summed E-state index contributed by atoms with van der Waals surface area (Å²) in [7, 11) is 0. The molecule has 2 nitrogen and oxygen atoms in total. The van der Waals surface area contributed by atoms with Crippen LogP contribution in [0.4, 0.5) is 0 Å². The summed E-state index contributed by atoms with van der Waals surface area (Å²) in [5.41, 5.74) is 2.43. The second kappa shape index (κ2) is 5.71. The molecule has 0 aromatic heterocycles. The van der Waals surface area contributed by atoms with Gasteiger partial charge in [-0.1, -0.05) is 44.2 Å². The van der Waals surface area contributed by atoms with E-state index < -0.39 is 16.1 Å². The van der Waals surface area contributed by atoms with Gasteiger partial charge in [0.2, 0.25) is 0 Å². The molecule has 1 atom stereocenters. The first kappa shape index (κ1) is 14.3. The molecule has 0 heterocycles. The van der Waals surface area contributed by atoms with Crippen LogP contribution in [0, 0.1) is 0 Å². The highest BCUT2D eigenvalue weighted by molar-refractivity contribution is 7.90. The summed E-state index contributed by atoms with van der Waals surface area (Å²) < 4.78 is 10.8. The average Bonchev–Trinajstić information content (AvgIpc) is 2.27. The Morgan fingerprint density at radius 2 is 1.76 bits per heavy atom. The second-order valence-electron chi connectivity index (χ2n) is 5.06. The molecule has 0 aliphatic rings. The van der Waals surface area contributed by atoms with Crippen molar-refractivity contribution in [3.05, 3.63) is 41.5 Å².